The zero-order valence-corrected chi connectivity index (χ0v) is 15.7. The van der Waals surface area contributed by atoms with E-state index >= 15 is 0 Å². The Morgan fingerprint density at radius 1 is 1.38 bits per heavy atom. The topological polar surface area (TPSA) is 45.7 Å². The molecule has 120 valence electrons. The maximum Gasteiger partial charge on any atom is 0.387 e. The molecule has 1 aromatic rings. The second kappa shape index (κ2) is 11.0. The van der Waals surface area contributed by atoms with Crippen molar-refractivity contribution in [2.24, 2.45) is 4.99 Å². The number of halogens is 4. The summed E-state index contributed by atoms with van der Waals surface area (Å²) in [6.07, 6.45) is 0.970. The molecule has 21 heavy (non-hydrogen) atoms. The van der Waals surface area contributed by atoms with E-state index in [9.17, 15) is 8.78 Å². The molecule has 0 amide bonds. The molecule has 0 aliphatic rings. The molecule has 0 bridgehead atoms. The van der Waals surface area contributed by atoms with Crippen LogP contribution < -0.4 is 15.4 Å². The van der Waals surface area contributed by atoms with Crippen molar-refractivity contribution >= 4 is 45.9 Å². The number of guanidine groups is 1. The average Bonchev–Trinajstić information content (AvgIpc) is 2.41. The van der Waals surface area contributed by atoms with Crippen LogP contribution in [0.3, 0.4) is 0 Å². The molecular formula is C13H19BrF2IN3O. The van der Waals surface area contributed by atoms with Crippen LogP contribution in [0.25, 0.3) is 0 Å². The Bertz CT molecular complexity index is 461. The van der Waals surface area contributed by atoms with Crippen LogP contribution in [0.15, 0.2) is 27.7 Å². The first-order chi connectivity index (χ1) is 9.56. The Labute approximate surface area is 148 Å². The Morgan fingerprint density at radius 2 is 2.10 bits per heavy atom. The van der Waals surface area contributed by atoms with Crippen LogP contribution in [0, 0.1) is 0 Å². The number of nitrogens with zero attached hydrogens (tertiary/aromatic N) is 1. The van der Waals surface area contributed by atoms with E-state index in [-0.39, 0.29) is 29.7 Å². The predicted molar refractivity (Wildman–Crippen MR) is 94.7 cm³/mol. The van der Waals surface area contributed by atoms with Crippen molar-refractivity contribution in [3.63, 3.8) is 0 Å². The molecule has 4 nitrogen and oxygen atoms in total. The third-order valence-corrected chi connectivity index (χ3v) is 2.94. The summed E-state index contributed by atoms with van der Waals surface area (Å²) >= 11 is 3.31. The van der Waals surface area contributed by atoms with Gasteiger partial charge in [-0.2, -0.15) is 8.78 Å². The van der Waals surface area contributed by atoms with Gasteiger partial charge in [-0.3, -0.25) is 4.99 Å². The van der Waals surface area contributed by atoms with Crippen molar-refractivity contribution in [2.45, 2.75) is 26.5 Å². The fraction of sp³-hybridized carbons (Fsp3) is 0.462. The van der Waals surface area contributed by atoms with Gasteiger partial charge in [0.15, 0.2) is 5.96 Å². The number of hydrogen-bond donors (Lipinski definition) is 2. The summed E-state index contributed by atoms with van der Waals surface area (Å²) in [4.78, 5) is 4.05. The van der Waals surface area contributed by atoms with Crippen LogP contribution in [0.4, 0.5) is 8.78 Å². The Kier molecular flexibility index (Phi) is 10.7. The summed E-state index contributed by atoms with van der Waals surface area (Å²) in [5.41, 5.74) is 0.624. The number of hydrogen-bond acceptors (Lipinski definition) is 2. The molecule has 0 aliphatic carbocycles. The first-order valence-electron chi connectivity index (χ1n) is 6.24. The fourth-order valence-electron chi connectivity index (χ4n) is 1.54. The van der Waals surface area contributed by atoms with Crippen LogP contribution in [0.5, 0.6) is 5.75 Å². The second-order valence-corrected chi connectivity index (χ2v) is 4.90. The van der Waals surface area contributed by atoms with Gasteiger partial charge in [-0.1, -0.05) is 22.9 Å². The summed E-state index contributed by atoms with van der Waals surface area (Å²) in [6, 6.07) is 4.90. The standard InChI is InChI=1S/C13H18BrF2N3O.HI/c1-3-6-18-13(17-2)19-8-9-7-10(14)4-5-11(9)20-12(15)16;/h4-5,7,12H,3,6,8H2,1-2H3,(H2,17,18,19);1H. The molecule has 0 radical (unpaired) electrons. The largest absolute Gasteiger partial charge is 0.434 e. The molecule has 8 heteroatoms. The highest BCUT2D eigenvalue weighted by Crippen LogP contribution is 2.24. The molecule has 1 aromatic carbocycles. The minimum absolute atomic E-state index is 0. The van der Waals surface area contributed by atoms with Gasteiger partial charge in [0, 0.05) is 30.2 Å². The number of rotatable bonds is 6. The number of alkyl halides is 2. The average molecular weight is 478 g/mol. The molecule has 0 atom stereocenters. The van der Waals surface area contributed by atoms with Gasteiger partial charge in [-0.25, -0.2) is 0 Å². The van der Waals surface area contributed by atoms with Crippen LogP contribution >= 0.6 is 39.9 Å². The molecule has 0 saturated heterocycles. The second-order valence-electron chi connectivity index (χ2n) is 3.98. The van der Waals surface area contributed by atoms with E-state index in [2.05, 4.69) is 36.3 Å². The summed E-state index contributed by atoms with van der Waals surface area (Å²) in [6.45, 7) is 0.333. The molecule has 1 rings (SSSR count). The number of ether oxygens (including phenoxy) is 1. The van der Waals surface area contributed by atoms with Gasteiger partial charge in [-0.15, -0.1) is 24.0 Å². The third kappa shape index (κ3) is 7.79. The lowest BCUT2D eigenvalue weighted by Gasteiger charge is -2.14. The first-order valence-corrected chi connectivity index (χ1v) is 7.03. The molecule has 0 heterocycles. The van der Waals surface area contributed by atoms with E-state index in [4.69, 9.17) is 0 Å². The van der Waals surface area contributed by atoms with E-state index in [0.717, 1.165) is 17.4 Å². The normalized spacial score (nSPS) is 11.0. The summed E-state index contributed by atoms with van der Waals surface area (Å²) in [5.74, 6) is 0.775. The molecular weight excluding hydrogens is 459 g/mol. The summed E-state index contributed by atoms with van der Waals surface area (Å²) in [7, 11) is 1.66. The molecule has 0 unspecified atom stereocenters. The third-order valence-electron chi connectivity index (χ3n) is 2.45. The Balaban J connectivity index is 0.00000400. The van der Waals surface area contributed by atoms with Crippen LogP contribution in [0.2, 0.25) is 0 Å². The molecule has 0 aromatic heterocycles. The van der Waals surface area contributed by atoms with Gasteiger partial charge in [0.1, 0.15) is 5.75 Å². The van der Waals surface area contributed by atoms with Gasteiger partial charge in [0.2, 0.25) is 0 Å². The maximum absolute atomic E-state index is 12.3. The van der Waals surface area contributed by atoms with Crippen molar-refractivity contribution in [1.29, 1.82) is 0 Å². The summed E-state index contributed by atoms with van der Waals surface area (Å²) < 4.78 is 30.0. The highest BCUT2D eigenvalue weighted by molar-refractivity contribution is 14.0. The van der Waals surface area contributed by atoms with E-state index < -0.39 is 6.61 Å². The van der Waals surface area contributed by atoms with Crippen molar-refractivity contribution in [3.8, 4) is 5.75 Å². The van der Waals surface area contributed by atoms with Crippen molar-refractivity contribution in [2.75, 3.05) is 13.6 Å². The quantitative estimate of drug-likeness (QED) is 0.372. The minimum atomic E-state index is -2.84. The Morgan fingerprint density at radius 3 is 2.67 bits per heavy atom. The highest BCUT2D eigenvalue weighted by Gasteiger charge is 2.10. The number of nitrogens with one attached hydrogen (secondary N) is 2. The van der Waals surface area contributed by atoms with Crippen molar-refractivity contribution in [1.82, 2.24) is 10.6 Å². The van der Waals surface area contributed by atoms with E-state index in [0.29, 0.717) is 18.1 Å². The molecule has 0 fully saturated rings. The predicted octanol–water partition coefficient (Wildman–Crippen LogP) is 3.74. The first kappa shape index (κ1) is 20.4. The summed E-state index contributed by atoms with van der Waals surface area (Å²) in [5, 5.41) is 6.16. The van der Waals surface area contributed by atoms with Gasteiger partial charge < -0.3 is 15.4 Å². The maximum atomic E-state index is 12.3. The number of benzene rings is 1. The minimum Gasteiger partial charge on any atom is -0.434 e. The van der Waals surface area contributed by atoms with E-state index in [1.165, 1.54) is 6.07 Å². The van der Waals surface area contributed by atoms with Crippen molar-refractivity contribution in [3.05, 3.63) is 28.2 Å². The van der Waals surface area contributed by atoms with Crippen LogP contribution in [-0.4, -0.2) is 26.2 Å². The molecule has 0 saturated carbocycles. The van der Waals surface area contributed by atoms with Crippen LogP contribution in [-0.2, 0) is 6.54 Å². The van der Waals surface area contributed by atoms with Gasteiger partial charge in [-0.05, 0) is 24.6 Å². The van der Waals surface area contributed by atoms with E-state index in [1.807, 2.05) is 6.92 Å². The van der Waals surface area contributed by atoms with Crippen LogP contribution in [0.1, 0.15) is 18.9 Å². The lowest BCUT2D eigenvalue weighted by molar-refractivity contribution is -0.0504. The monoisotopic (exact) mass is 477 g/mol. The van der Waals surface area contributed by atoms with Gasteiger partial charge >= 0.3 is 6.61 Å². The highest BCUT2D eigenvalue weighted by atomic mass is 127. The van der Waals surface area contributed by atoms with E-state index in [1.54, 1.807) is 19.2 Å². The fourth-order valence-corrected chi connectivity index (χ4v) is 1.95. The van der Waals surface area contributed by atoms with Crippen molar-refractivity contribution < 1.29 is 13.5 Å². The molecule has 2 N–H and O–H groups in total. The Hall–Kier alpha value is -0.640. The molecule has 0 aliphatic heterocycles. The zero-order valence-electron chi connectivity index (χ0n) is 11.8. The molecule has 0 spiro atoms. The van der Waals surface area contributed by atoms with Gasteiger partial charge in [0.25, 0.3) is 0 Å². The lowest BCUT2D eigenvalue weighted by Crippen LogP contribution is -2.37. The lowest BCUT2D eigenvalue weighted by atomic mass is 10.2. The SMILES string of the molecule is CCCNC(=NC)NCc1cc(Br)ccc1OC(F)F.I. The number of aliphatic imine (C=N–C) groups is 1. The zero-order chi connectivity index (χ0) is 15.0. The van der Waals surface area contributed by atoms with Gasteiger partial charge in [0.05, 0.1) is 0 Å². The smallest absolute Gasteiger partial charge is 0.387 e.